The first-order valence-electron chi connectivity index (χ1n) is 7.21. The third-order valence-corrected chi connectivity index (χ3v) is 3.85. The van der Waals surface area contributed by atoms with Gasteiger partial charge in [-0.3, -0.25) is 4.79 Å². The molecule has 104 valence electrons. The zero-order chi connectivity index (χ0) is 14.7. The Morgan fingerprint density at radius 2 is 1.55 bits per heavy atom. The summed E-state index contributed by atoms with van der Waals surface area (Å²) in [5.41, 5.74) is 5.39. The van der Waals surface area contributed by atoms with E-state index in [-0.39, 0.29) is 11.7 Å². The number of hydrogen-bond donors (Lipinski definition) is 0. The molecule has 0 amide bonds. The maximum absolute atomic E-state index is 12.9. The Morgan fingerprint density at radius 3 is 2.05 bits per heavy atom. The van der Waals surface area contributed by atoms with Gasteiger partial charge in [0.15, 0.2) is 5.78 Å². The minimum Gasteiger partial charge on any atom is -0.293 e. The zero-order valence-corrected chi connectivity index (χ0v) is 12.7. The highest BCUT2D eigenvalue weighted by atomic mass is 16.1. The fourth-order valence-electron chi connectivity index (χ4n) is 3.00. The Kier molecular flexibility index (Phi) is 4.39. The van der Waals surface area contributed by atoms with Crippen LogP contribution in [0.2, 0.25) is 0 Å². The van der Waals surface area contributed by atoms with Gasteiger partial charge in [0, 0.05) is 11.5 Å². The third kappa shape index (κ3) is 2.82. The molecule has 0 aliphatic carbocycles. The summed E-state index contributed by atoms with van der Waals surface area (Å²) in [6, 6.07) is 14.3. The van der Waals surface area contributed by atoms with E-state index < -0.39 is 0 Å². The molecule has 2 rings (SSSR count). The molecule has 2 aromatic carbocycles. The molecule has 20 heavy (non-hydrogen) atoms. The van der Waals surface area contributed by atoms with E-state index in [1.807, 2.05) is 44.2 Å². The van der Waals surface area contributed by atoms with Gasteiger partial charge in [0.05, 0.1) is 0 Å². The minimum absolute atomic E-state index is 0.0451. The van der Waals surface area contributed by atoms with Gasteiger partial charge in [0.1, 0.15) is 0 Å². The molecular formula is C19H22O. The molecule has 0 aliphatic rings. The molecule has 1 heteroatoms. The van der Waals surface area contributed by atoms with Crippen LogP contribution < -0.4 is 0 Å². The summed E-state index contributed by atoms with van der Waals surface area (Å²) in [5, 5.41) is 0. The van der Waals surface area contributed by atoms with Crippen molar-refractivity contribution in [3.8, 4) is 0 Å². The summed E-state index contributed by atoms with van der Waals surface area (Å²) in [6.45, 7) is 8.22. The Labute approximate surface area is 121 Å². The lowest BCUT2D eigenvalue weighted by Crippen LogP contribution is -2.15. The Morgan fingerprint density at radius 1 is 1.00 bits per heavy atom. The highest BCUT2D eigenvalue weighted by Crippen LogP contribution is 2.28. The van der Waals surface area contributed by atoms with Gasteiger partial charge in [-0.1, -0.05) is 55.0 Å². The topological polar surface area (TPSA) is 17.1 Å². The maximum atomic E-state index is 12.9. The lowest BCUT2D eigenvalue weighted by molar-refractivity contribution is 0.0956. The van der Waals surface area contributed by atoms with Crippen LogP contribution >= 0.6 is 0 Å². The number of hydrogen-bond acceptors (Lipinski definition) is 1. The number of carbonyl (C=O) groups is 1. The van der Waals surface area contributed by atoms with E-state index in [0.717, 1.165) is 28.7 Å². The van der Waals surface area contributed by atoms with Crippen molar-refractivity contribution in [2.45, 2.75) is 40.0 Å². The number of rotatable bonds is 4. The van der Waals surface area contributed by atoms with Gasteiger partial charge in [-0.25, -0.2) is 0 Å². The molecule has 0 fully saturated rings. The van der Waals surface area contributed by atoms with E-state index in [1.54, 1.807) is 0 Å². The van der Waals surface area contributed by atoms with Crippen molar-refractivity contribution in [1.29, 1.82) is 0 Å². The SMILES string of the molecule is CCC(C(=O)c1c(C)cc(C)cc1C)c1ccccc1. The third-order valence-electron chi connectivity index (χ3n) is 3.85. The first kappa shape index (κ1) is 14.5. The van der Waals surface area contributed by atoms with Crippen LogP contribution in [0, 0.1) is 20.8 Å². The molecule has 2 aromatic rings. The number of Topliss-reactive ketones (excluding diaryl/α,β-unsaturated/α-hetero) is 1. The summed E-state index contributed by atoms with van der Waals surface area (Å²) in [6.07, 6.45) is 0.829. The van der Waals surface area contributed by atoms with E-state index in [0.29, 0.717) is 0 Å². The van der Waals surface area contributed by atoms with Crippen LogP contribution in [0.4, 0.5) is 0 Å². The first-order chi connectivity index (χ1) is 9.54. The number of benzene rings is 2. The van der Waals surface area contributed by atoms with Crippen LogP contribution in [0.1, 0.15) is 51.9 Å². The highest BCUT2D eigenvalue weighted by Gasteiger charge is 2.23. The van der Waals surface area contributed by atoms with E-state index >= 15 is 0 Å². The van der Waals surface area contributed by atoms with E-state index in [9.17, 15) is 4.79 Å². The van der Waals surface area contributed by atoms with Gasteiger partial charge < -0.3 is 0 Å². The van der Waals surface area contributed by atoms with Gasteiger partial charge >= 0.3 is 0 Å². The molecule has 1 atom stereocenters. The van der Waals surface area contributed by atoms with Crippen molar-refractivity contribution in [2.75, 3.05) is 0 Å². The van der Waals surface area contributed by atoms with Crippen LogP contribution in [-0.4, -0.2) is 5.78 Å². The van der Waals surface area contributed by atoms with Crippen LogP contribution in [0.5, 0.6) is 0 Å². The monoisotopic (exact) mass is 266 g/mol. The fourth-order valence-corrected chi connectivity index (χ4v) is 3.00. The second-order valence-corrected chi connectivity index (χ2v) is 5.51. The largest absolute Gasteiger partial charge is 0.293 e. The molecule has 0 aromatic heterocycles. The van der Waals surface area contributed by atoms with Crippen molar-refractivity contribution in [2.24, 2.45) is 0 Å². The molecule has 0 saturated heterocycles. The molecule has 0 N–H and O–H groups in total. The lowest BCUT2D eigenvalue weighted by atomic mass is 9.85. The van der Waals surface area contributed by atoms with Crippen molar-refractivity contribution < 1.29 is 4.79 Å². The Hall–Kier alpha value is -1.89. The van der Waals surface area contributed by atoms with Crippen LogP contribution in [-0.2, 0) is 0 Å². The standard InChI is InChI=1S/C19H22O/c1-5-17(16-9-7-6-8-10-16)19(20)18-14(3)11-13(2)12-15(18)4/h6-12,17H,5H2,1-4H3. The second-order valence-electron chi connectivity index (χ2n) is 5.51. The van der Waals surface area contributed by atoms with Gasteiger partial charge in [-0.2, -0.15) is 0 Å². The van der Waals surface area contributed by atoms with Crippen LogP contribution in [0.3, 0.4) is 0 Å². The van der Waals surface area contributed by atoms with Gasteiger partial charge in [0.2, 0.25) is 0 Å². The number of ketones is 1. The highest BCUT2D eigenvalue weighted by molar-refractivity contribution is 6.03. The minimum atomic E-state index is -0.0451. The van der Waals surface area contributed by atoms with Gasteiger partial charge in [-0.15, -0.1) is 0 Å². The summed E-state index contributed by atoms with van der Waals surface area (Å²) >= 11 is 0. The molecule has 0 saturated carbocycles. The average Bonchev–Trinajstić information content (AvgIpc) is 2.39. The Bertz CT molecular complexity index is 588. The number of carbonyl (C=O) groups excluding carboxylic acids is 1. The zero-order valence-electron chi connectivity index (χ0n) is 12.7. The van der Waals surface area contributed by atoms with Gasteiger partial charge in [-0.05, 0) is 43.9 Å². The van der Waals surface area contributed by atoms with Crippen LogP contribution in [0.15, 0.2) is 42.5 Å². The molecule has 1 nitrogen and oxygen atoms in total. The summed E-state index contributed by atoms with van der Waals surface area (Å²) < 4.78 is 0. The van der Waals surface area contributed by atoms with Crippen molar-refractivity contribution in [1.82, 2.24) is 0 Å². The van der Waals surface area contributed by atoms with E-state index in [4.69, 9.17) is 0 Å². The number of aryl methyl sites for hydroxylation is 3. The fraction of sp³-hybridized carbons (Fsp3) is 0.316. The molecule has 0 heterocycles. The molecule has 0 radical (unpaired) electrons. The summed E-state index contributed by atoms with van der Waals surface area (Å²) in [7, 11) is 0. The summed E-state index contributed by atoms with van der Waals surface area (Å²) in [4.78, 5) is 12.9. The van der Waals surface area contributed by atoms with E-state index in [2.05, 4.69) is 26.0 Å². The van der Waals surface area contributed by atoms with Gasteiger partial charge in [0.25, 0.3) is 0 Å². The molecule has 0 bridgehead atoms. The predicted molar refractivity (Wildman–Crippen MR) is 84.5 cm³/mol. The van der Waals surface area contributed by atoms with Crippen molar-refractivity contribution in [3.05, 3.63) is 70.3 Å². The van der Waals surface area contributed by atoms with Crippen molar-refractivity contribution >= 4 is 5.78 Å². The summed E-state index contributed by atoms with van der Waals surface area (Å²) in [5.74, 6) is 0.199. The predicted octanol–water partition coefficient (Wildman–Crippen LogP) is 4.99. The smallest absolute Gasteiger partial charge is 0.170 e. The lowest BCUT2D eigenvalue weighted by Gasteiger charge is -2.18. The Balaban J connectivity index is 2.45. The molecular weight excluding hydrogens is 244 g/mol. The molecule has 0 spiro atoms. The first-order valence-corrected chi connectivity index (χ1v) is 7.21. The maximum Gasteiger partial charge on any atom is 0.170 e. The van der Waals surface area contributed by atoms with E-state index in [1.165, 1.54) is 5.56 Å². The normalized spacial score (nSPS) is 12.2. The van der Waals surface area contributed by atoms with Crippen molar-refractivity contribution in [3.63, 3.8) is 0 Å². The quantitative estimate of drug-likeness (QED) is 0.713. The van der Waals surface area contributed by atoms with Crippen LogP contribution in [0.25, 0.3) is 0 Å². The molecule has 0 aliphatic heterocycles. The molecule has 1 unspecified atom stereocenters. The second kappa shape index (κ2) is 6.04. The average molecular weight is 266 g/mol.